The molecule has 1 heterocycles. The highest BCUT2D eigenvalue weighted by Crippen LogP contribution is 2.39. The van der Waals surface area contributed by atoms with E-state index in [1.807, 2.05) is 36.4 Å². The van der Waals surface area contributed by atoms with Crippen molar-refractivity contribution in [1.82, 2.24) is 25.5 Å². The van der Waals surface area contributed by atoms with Crippen LogP contribution in [0.1, 0.15) is 36.8 Å². The Bertz CT molecular complexity index is 914. The van der Waals surface area contributed by atoms with Crippen LogP contribution >= 0.6 is 0 Å². The molecular weight excluding hydrogens is 354 g/mol. The molecule has 0 aliphatic heterocycles. The molecular formula is C21H23N5O2. The third-order valence-electron chi connectivity index (χ3n) is 5.39. The lowest BCUT2D eigenvalue weighted by Crippen LogP contribution is -2.44. The Morgan fingerprint density at radius 1 is 1.11 bits per heavy atom. The summed E-state index contributed by atoms with van der Waals surface area (Å²) in [7, 11) is 1.66. The Morgan fingerprint density at radius 3 is 2.43 bits per heavy atom. The minimum atomic E-state index is -0.282. The van der Waals surface area contributed by atoms with Gasteiger partial charge in [0.05, 0.1) is 24.8 Å². The molecule has 1 fully saturated rings. The Morgan fingerprint density at radius 2 is 1.82 bits per heavy atom. The number of hydrogen-bond donors (Lipinski definition) is 1. The van der Waals surface area contributed by atoms with E-state index in [4.69, 9.17) is 4.74 Å². The number of carbonyl (C=O) groups excluding carboxylic acids is 1. The molecule has 0 spiro atoms. The van der Waals surface area contributed by atoms with Gasteiger partial charge >= 0.3 is 0 Å². The van der Waals surface area contributed by atoms with Crippen LogP contribution in [-0.4, -0.2) is 33.2 Å². The summed E-state index contributed by atoms with van der Waals surface area (Å²) < 4.78 is 6.84. The molecule has 0 unspecified atom stereocenters. The molecule has 28 heavy (non-hydrogen) atoms. The van der Waals surface area contributed by atoms with Crippen molar-refractivity contribution in [3.63, 3.8) is 0 Å². The van der Waals surface area contributed by atoms with Gasteiger partial charge in [-0.05, 0) is 58.7 Å². The van der Waals surface area contributed by atoms with Crippen LogP contribution in [0.15, 0.2) is 54.9 Å². The Labute approximate surface area is 163 Å². The summed E-state index contributed by atoms with van der Waals surface area (Å²) in [6, 6.07) is 15.7. The van der Waals surface area contributed by atoms with Gasteiger partial charge in [-0.25, -0.2) is 4.68 Å². The van der Waals surface area contributed by atoms with Gasteiger partial charge in [0.15, 0.2) is 0 Å². The molecule has 0 radical (unpaired) electrons. The number of ether oxygens (including phenoxy) is 1. The predicted molar refractivity (Wildman–Crippen MR) is 104 cm³/mol. The van der Waals surface area contributed by atoms with Crippen molar-refractivity contribution in [3.8, 4) is 11.4 Å². The van der Waals surface area contributed by atoms with E-state index in [0.717, 1.165) is 48.2 Å². The predicted octanol–water partition coefficient (Wildman–Crippen LogP) is 2.80. The summed E-state index contributed by atoms with van der Waals surface area (Å²) in [4.78, 5) is 12.8. The van der Waals surface area contributed by atoms with Gasteiger partial charge in [-0.1, -0.05) is 37.1 Å². The molecule has 1 aliphatic carbocycles. The molecule has 0 bridgehead atoms. The second-order valence-electron chi connectivity index (χ2n) is 7.16. The van der Waals surface area contributed by atoms with E-state index in [1.54, 1.807) is 18.1 Å². The summed E-state index contributed by atoms with van der Waals surface area (Å²) in [6.07, 6.45) is 6.04. The lowest BCUT2D eigenvalue weighted by molar-refractivity contribution is -0.122. The van der Waals surface area contributed by atoms with Gasteiger partial charge < -0.3 is 10.1 Å². The fraction of sp³-hybridized carbons (Fsp3) is 0.333. The van der Waals surface area contributed by atoms with Crippen LogP contribution in [0.5, 0.6) is 5.75 Å². The summed E-state index contributed by atoms with van der Waals surface area (Å²) in [6.45, 7) is 0. The van der Waals surface area contributed by atoms with E-state index in [2.05, 4.69) is 33.0 Å². The number of methoxy groups -OCH3 is 1. The first-order valence-electron chi connectivity index (χ1n) is 9.46. The maximum Gasteiger partial charge on any atom is 0.225 e. The first kappa shape index (κ1) is 18.2. The van der Waals surface area contributed by atoms with E-state index < -0.39 is 0 Å². The Hall–Kier alpha value is -3.22. The number of tetrazole rings is 1. The monoisotopic (exact) mass is 377 g/mol. The number of aromatic nitrogens is 4. The van der Waals surface area contributed by atoms with Gasteiger partial charge in [-0.3, -0.25) is 4.79 Å². The van der Waals surface area contributed by atoms with Gasteiger partial charge in [0, 0.05) is 0 Å². The second kappa shape index (κ2) is 7.80. The van der Waals surface area contributed by atoms with Gasteiger partial charge in [-0.2, -0.15) is 0 Å². The highest BCUT2D eigenvalue weighted by Gasteiger charge is 2.36. The molecule has 2 aromatic carbocycles. The average molecular weight is 377 g/mol. The van der Waals surface area contributed by atoms with Crippen LogP contribution in [0.3, 0.4) is 0 Å². The zero-order valence-corrected chi connectivity index (χ0v) is 15.8. The fourth-order valence-electron chi connectivity index (χ4n) is 3.92. The first-order valence-corrected chi connectivity index (χ1v) is 9.46. The van der Waals surface area contributed by atoms with Crippen molar-refractivity contribution >= 4 is 5.91 Å². The molecule has 1 aliphatic rings. The van der Waals surface area contributed by atoms with E-state index in [1.165, 1.54) is 0 Å². The highest BCUT2D eigenvalue weighted by molar-refractivity contribution is 5.79. The second-order valence-corrected chi connectivity index (χ2v) is 7.16. The van der Waals surface area contributed by atoms with Crippen LogP contribution < -0.4 is 10.1 Å². The maximum absolute atomic E-state index is 12.8. The molecule has 1 saturated carbocycles. The first-order chi connectivity index (χ1) is 13.7. The van der Waals surface area contributed by atoms with Crippen molar-refractivity contribution in [1.29, 1.82) is 0 Å². The zero-order chi connectivity index (χ0) is 19.4. The molecule has 1 amide bonds. The van der Waals surface area contributed by atoms with Crippen LogP contribution in [-0.2, 0) is 16.8 Å². The molecule has 0 atom stereocenters. The van der Waals surface area contributed by atoms with Crippen molar-refractivity contribution < 1.29 is 9.53 Å². The molecule has 1 N–H and O–H groups in total. The number of hydrogen-bond acceptors (Lipinski definition) is 5. The summed E-state index contributed by atoms with van der Waals surface area (Å²) in [5, 5.41) is 14.5. The van der Waals surface area contributed by atoms with E-state index in [0.29, 0.717) is 6.42 Å². The number of rotatable bonds is 6. The minimum Gasteiger partial charge on any atom is -0.497 e. The SMILES string of the molecule is COc1ccc(C2(NC(=O)Cc3ccc(-n4cnnn4)cc3)CCCC2)cc1. The van der Waals surface area contributed by atoms with Crippen molar-refractivity contribution in [3.05, 3.63) is 66.0 Å². The van der Waals surface area contributed by atoms with Crippen molar-refractivity contribution in [2.75, 3.05) is 7.11 Å². The van der Waals surface area contributed by atoms with Crippen molar-refractivity contribution in [2.24, 2.45) is 0 Å². The quantitative estimate of drug-likeness (QED) is 0.714. The van der Waals surface area contributed by atoms with Crippen LogP contribution in [0.2, 0.25) is 0 Å². The lowest BCUT2D eigenvalue weighted by atomic mass is 9.87. The van der Waals surface area contributed by atoms with Gasteiger partial charge in [0.1, 0.15) is 12.1 Å². The summed E-state index contributed by atoms with van der Waals surface area (Å²) >= 11 is 0. The van der Waals surface area contributed by atoms with Crippen LogP contribution in [0.25, 0.3) is 5.69 Å². The number of nitrogens with one attached hydrogen (secondary N) is 1. The van der Waals surface area contributed by atoms with E-state index in [-0.39, 0.29) is 11.4 Å². The smallest absolute Gasteiger partial charge is 0.225 e. The summed E-state index contributed by atoms with van der Waals surface area (Å²) in [5.74, 6) is 0.860. The average Bonchev–Trinajstić information content (AvgIpc) is 3.41. The largest absolute Gasteiger partial charge is 0.497 e. The highest BCUT2D eigenvalue weighted by atomic mass is 16.5. The third-order valence-corrected chi connectivity index (χ3v) is 5.39. The Kier molecular flexibility index (Phi) is 5.06. The van der Waals surface area contributed by atoms with Gasteiger partial charge in [-0.15, -0.1) is 5.10 Å². The molecule has 0 saturated heterocycles. The molecule has 4 rings (SSSR count). The maximum atomic E-state index is 12.8. The van der Waals surface area contributed by atoms with Crippen molar-refractivity contribution in [2.45, 2.75) is 37.6 Å². The topological polar surface area (TPSA) is 81.9 Å². The zero-order valence-electron chi connectivity index (χ0n) is 15.8. The molecule has 144 valence electrons. The standard InChI is InChI=1S/C21H23N5O2/c1-28-19-10-6-17(7-11-19)21(12-2-3-13-21)23-20(27)14-16-4-8-18(9-5-16)26-15-22-24-25-26/h4-11,15H,2-3,12-14H2,1H3,(H,23,27). The Balaban J connectivity index is 1.46. The molecule has 7 heteroatoms. The van der Waals surface area contributed by atoms with Crippen LogP contribution in [0.4, 0.5) is 0 Å². The molecule has 1 aromatic heterocycles. The normalized spacial score (nSPS) is 15.3. The number of benzene rings is 2. The number of carbonyl (C=O) groups is 1. The third kappa shape index (κ3) is 3.74. The van der Waals surface area contributed by atoms with Gasteiger partial charge in [0.2, 0.25) is 5.91 Å². The molecule has 7 nitrogen and oxygen atoms in total. The fourth-order valence-corrected chi connectivity index (χ4v) is 3.92. The molecule has 3 aromatic rings. The van der Waals surface area contributed by atoms with Crippen LogP contribution in [0, 0.1) is 0 Å². The number of nitrogens with zero attached hydrogens (tertiary/aromatic N) is 4. The number of amides is 1. The minimum absolute atomic E-state index is 0.0351. The van der Waals surface area contributed by atoms with Gasteiger partial charge in [0.25, 0.3) is 0 Å². The lowest BCUT2D eigenvalue weighted by Gasteiger charge is -2.31. The van der Waals surface area contributed by atoms with E-state index >= 15 is 0 Å². The van der Waals surface area contributed by atoms with E-state index in [9.17, 15) is 4.79 Å². The summed E-state index contributed by atoms with van der Waals surface area (Å²) in [5.41, 5.74) is 2.68.